The molecule has 0 aliphatic carbocycles. The number of aliphatic hydroxyl groups is 1. The van der Waals surface area contributed by atoms with Crippen molar-refractivity contribution in [3.05, 3.63) is 22.5 Å². The van der Waals surface area contributed by atoms with E-state index >= 15 is 0 Å². The third kappa shape index (κ3) is 3.37. The Labute approximate surface area is 157 Å². The van der Waals surface area contributed by atoms with E-state index in [1.807, 2.05) is 16.3 Å². The van der Waals surface area contributed by atoms with Crippen LogP contribution in [-0.2, 0) is 16.4 Å². The number of aliphatic hydroxyl groups excluding tert-OH is 1. The Kier molecular flexibility index (Phi) is 4.73. The summed E-state index contributed by atoms with van der Waals surface area (Å²) in [6.45, 7) is 0.650. The number of nitrogens with zero attached hydrogens (tertiary/aromatic N) is 5. The number of sulfone groups is 1. The molecule has 1 unspecified atom stereocenters. The van der Waals surface area contributed by atoms with Crippen LogP contribution in [0.15, 0.2) is 17.6 Å². The summed E-state index contributed by atoms with van der Waals surface area (Å²) in [5.74, 6) is 1.15. The first kappa shape index (κ1) is 17.5. The predicted octanol–water partition coefficient (Wildman–Crippen LogP) is 0.751. The Balaban J connectivity index is 1.63. The number of anilines is 2. The van der Waals surface area contributed by atoms with Crippen LogP contribution in [0, 0.1) is 0 Å². The van der Waals surface area contributed by atoms with Gasteiger partial charge >= 0.3 is 0 Å². The predicted molar refractivity (Wildman–Crippen MR) is 102 cm³/mol. The monoisotopic (exact) mass is 412 g/mol. The zero-order valence-electron chi connectivity index (χ0n) is 13.6. The summed E-state index contributed by atoms with van der Waals surface area (Å²) in [6.07, 6.45) is 1.70. The normalized spacial score (nSPS) is 19.7. The summed E-state index contributed by atoms with van der Waals surface area (Å²) in [5.41, 5.74) is 0.805. The largest absolute Gasteiger partial charge is 0.395 e. The van der Waals surface area contributed by atoms with Crippen LogP contribution in [0.2, 0.25) is 0 Å². The fraction of sp³-hybridized carbons (Fsp3) is 0.429. The van der Waals surface area contributed by atoms with Crippen LogP contribution in [0.4, 0.5) is 11.8 Å². The first-order valence-electron chi connectivity index (χ1n) is 7.89. The molecule has 0 bridgehead atoms. The summed E-state index contributed by atoms with van der Waals surface area (Å²) in [4.78, 5) is 12.0. The molecule has 1 atom stereocenters. The van der Waals surface area contributed by atoms with Gasteiger partial charge in [0, 0.05) is 13.1 Å². The molecule has 3 aromatic heterocycles. The SMILES string of the molecule is O=S1(=O)CCN(c2nc(NCc3cnns3)c3sccc3n2)CC1CO. The molecule has 1 aliphatic heterocycles. The van der Waals surface area contributed by atoms with E-state index in [0.29, 0.717) is 24.9 Å². The van der Waals surface area contributed by atoms with Crippen molar-refractivity contribution >= 4 is 54.7 Å². The topological polar surface area (TPSA) is 121 Å². The zero-order valence-corrected chi connectivity index (χ0v) is 16.0. The number of aromatic nitrogens is 4. The molecule has 0 saturated carbocycles. The van der Waals surface area contributed by atoms with Crippen molar-refractivity contribution < 1.29 is 13.5 Å². The number of nitrogens with one attached hydrogen (secondary N) is 1. The Bertz CT molecular complexity index is 1000. The highest BCUT2D eigenvalue weighted by Crippen LogP contribution is 2.29. The number of hydrogen-bond acceptors (Lipinski definition) is 11. The van der Waals surface area contributed by atoms with E-state index in [0.717, 1.165) is 15.1 Å². The molecule has 1 fully saturated rings. The molecular weight excluding hydrogens is 396 g/mol. The number of thiophene rings is 1. The van der Waals surface area contributed by atoms with Gasteiger partial charge in [-0.15, -0.1) is 16.4 Å². The van der Waals surface area contributed by atoms with Crippen LogP contribution in [0.25, 0.3) is 10.2 Å². The Hall–Kier alpha value is -1.89. The maximum absolute atomic E-state index is 12.0. The standard InChI is InChI=1S/C14H16N6O3S3/c21-8-10-7-20(2-4-26(10,22)23)14-17-11-1-3-24-12(11)13(18-14)15-5-9-6-16-19-25-9/h1,3,6,10,21H,2,4-5,7-8H2,(H,15,17,18). The van der Waals surface area contributed by atoms with Crippen molar-refractivity contribution in [1.82, 2.24) is 19.6 Å². The van der Waals surface area contributed by atoms with Gasteiger partial charge in [0.2, 0.25) is 5.95 Å². The lowest BCUT2D eigenvalue weighted by Gasteiger charge is -2.31. The molecule has 26 heavy (non-hydrogen) atoms. The van der Waals surface area contributed by atoms with E-state index in [2.05, 4.69) is 24.9 Å². The van der Waals surface area contributed by atoms with Gasteiger partial charge in [0.15, 0.2) is 9.84 Å². The molecule has 2 N–H and O–H groups in total. The minimum atomic E-state index is -3.27. The van der Waals surface area contributed by atoms with Crippen molar-refractivity contribution in [3.8, 4) is 0 Å². The van der Waals surface area contributed by atoms with Crippen molar-refractivity contribution in [3.63, 3.8) is 0 Å². The van der Waals surface area contributed by atoms with Crippen LogP contribution >= 0.6 is 22.9 Å². The zero-order chi connectivity index (χ0) is 18.1. The van der Waals surface area contributed by atoms with Crippen molar-refractivity contribution in [2.45, 2.75) is 11.8 Å². The average Bonchev–Trinajstić information content (AvgIpc) is 3.30. The average molecular weight is 413 g/mol. The molecule has 0 radical (unpaired) electrons. The van der Waals surface area contributed by atoms with Gasteiger partial charge in [0.05, 0.1) is 40.2 Å². The van der Waals surface area contributed by atoms with Crippen molar-refractivity contribution in [1.29, 1.82) is 0 Å². The molecule has 3 aromatic rings. The highest BCUT2D eigenvalue weighted by molar-refractivity contribution is 7.92. The quantitative estimate of drug-likeness (QED) is 0.625. The van der Waals surface area contributed by atoms with E-state index in [1.165, 1.54) is 11.5 Å². The lowest BCUT2D eigenvalue weighted by molar-refractivity contribution is 0.288. The minimum absolute atomic E-state index is 0.0153. The molecule has 4 rings (SSSR count). The first-order valence-corrected chi connectivity index (χ1v) is 11.3. The van der Waals surface area contributed by atoms with E-state index in [9.17, 15) is 13.5 Å². The van der Waals surface area contributed by atoms with E-state index in [1.54, 1.807) is 17.5 Å². The molecular formula is C14H16N6O3S3. The smallest absolute Gasteiger partial charge is 0.228 e. The van der Waals surface area contributed by atoms with Gasteiger partial charge in [-0.1, -0.05) is 4.49 Å². The van der Waals surface area contributed by atoms with Crippen molar-refractivity contribution in [2.75, 3.05) is 35.7 Å². The minimum Gasteiger partial charge on any atom is -0.395 e. The lowest BCUT2D eigenvalue weighted by Crippen LogP contribution is -2.49. The Morgan fingerprint density at radius 1 is 1.38 bits per heavy atom. The summed E-state index contributed by atoms with van der Waals surface area (Å²) < 4.78 is 28.8. The van der Waals surface area contributed by atoms with E-state index in [4.69, 9.17) is 0 Å². The van der Waals surface area contributed by atoms with Gasteiger partial charge in [-0.3, -0.25) is 0 Å². The second kappa shape index (κ2) is 7.02. The Morgan fingerprint density at radius 2 is 2.27 bits per heavy atom. The molecule has 138 valence electrons. The summed E-state index contributed by atoms with van der Waals surface area (Å²) in [5, 5.41) is 17.7. The van der Waals surface area contributed by atoms with Gasteiger partial charge in [-0.2, -0.15) is 4.98 Å². The number of hydrogen-bond donors (Lipinski definition) is 2. The molecule has 4 heterocycles. The highest BCUT2D eigenvalue weighted by atomic mass is 32.2. The van der Waals surface area contributed by atoms with Gasteiger partial charge in [0.25, 0.3) is 0 Å². The van der Waals surface area contributed by atoms with Gasteiger partial charge in [-0.05, 0) is 23.0 Å². The van der Waals surface area contributed by atoms with E-state index in [-0.39, 0.29) is 12.3 Å². The van der Waals surface area contributed by atoms with Crippen LogP contribution in [0.1, 0.15) is 4.88 Å². The third-order valence-electron chi connectivity index (χ3n) is 4.19. The second-order valence-corrected chi connectivity index (χ2v) is 10.0. The van der Waals surface area contributed by atoms with Crippen LogP contribution in [0.3, 0.4) is 0 Å². The maximum atomic E-state index is 12.0. The van der Waals surface area contributed by atoms with Crippen LogP contribution in [-0.4, -0.2) is 63.8 Å². The van der Waals surface area contributed by atoms with Crippen LogP contribution < -0.4 is 10.2 Å². The second-order valence-electron chi connectivity index (χ2n) is 5.86. The fourth-order valence-electron chi connectivity index (χ4n) is 2.76. The summed E-state index contributed by atoms with van der Waals surface area (Å²) in [6, 6.07) is 1.91. The highest BCUT2D eigenvalue weighted by Gasteiger charge is 2.33. The molecule has 0 aromatic carbocycles. The number of rotatable bonds is 5. The molecule has 1 aliphatic rings. The fourth-order valence-corrected chi connectivity index (χ4v) is 5.43. The summed E-state index contributed by atoms with van der Waals surface area (Å²) in [7, 11) is -3.27. The summed E-state index contributed by atoms with van der Waals surface area (Å²) >= 11 is 2.86. The molecule has 1 saturated heterocycles. The van der Waals surface area contributed by atoms with E-state index < -0.39 is 21.7 Å². The van der Waals surface area contributed by atoms with Gasteiger partial charge < -0.3 is 15.3 Å². The van der Waals surface area contributed by atoms with Crippen LogP contribution in [0.5, 0.6) is 0 Å². The van der Waals surface area contributed by atoms with Gasteiger partial charge in [-0.25, -0.2) is 13.4 Å². The molecule has 9 nitrogen and oxygen atoms in total. The lowest BCUT2D eigenvalue weighted by atomic mass is 10.3. The Morgan fingerprint density at radius 3 is 3.04 bits per heavy atom. The molecule has 0 amide bonds. The third-order valence-corrected chi connectivity index (χ3v) is 7.83. The van der Waals surface area contributed by atoms with Gasteiger partial charge in [0.1, 0.15) is 11.1 Å². The number of fused-ring (bicyclic) bond motifs is 1. The molecule has 12 heteroatoms. The first-order chi connectivity index (χ1) is 12.6. The maximum Gasteiger partial charge on any atom is 0.228 e. The molecule has 0 spiro atoms. The van der Waals surface area contributed by atoms with Crippen molar-refractivity contribution in [2.24, 2.45) is 0 Å².